The van der Waals surface area contributed by atoms with E-state index in [1.165, 1.54) is 0 Å². The molecule has 0 fully saturated rings. The molecule has 0 aliphatic heterocycles. The molecule has 0 atom stereocenters. The summed E-state index contributed by atoms with van der Waals surface area (Å²) in [6, 6.07) is 18.6. The predicted octanol–water partition coefficient (Wildman–Crippen LogP) is 3.68. The van der Waals surface area contributed by atoms with E-state index in [0.717, 1.165) is 10.8 Å². The number of carbonyl (C=O) groups is 1. The fraction of sp³-hybridized carbons (Fsp3) is 0.0556. The molecule has 0 heterocycles. The van der Waals surface area contributed by atoms with Gasteiger partial charge in [-0.2, -0.15) is 0 Å². The number of hydrogen-bond donors (Lipinski definition) is 2. The van der Waals surface area contributed by atoms with E-state index >= 15 is 0 Å². The van der Waals surface area contributed by atoms with Crippen molar-refractivity contribution in [1.82, 2.24) is 0 Å². The van der Waals surface area contributed by atoms with Crippen molar-refractivity contribution in [2.24, 2.45) is 0 Å². The minimum absolute atomic E-state index is 0.181. The van der Waals surface area contributed by atoms with Crippen LogP contribution in [-0.2, 0) is 0 Å². The quantitative estimate of drug-likeness (QED) is 0.724. The number of rotatable bonds is 3. The van der Waals surface area contributed by atoms with Crippen LogP contribution in [-0.4, -0.2) is 13.0 Å². The van der Waals surface area contributed by atoms with E-state index in [4.69, 9.17) is 10.5 Å². The van der Waals surface area contributed by atoms with Gasteiger partial charge in [0, 0.05) is 17.3 Å². The fourth-order valence-electron chi connectivity index (χ4n) is 2.42. The van der Waals surface area contributed by atoms with Gasteiger partial charge in [0.1, 0.15) is 5.75 Å². The summed E-state index contributed by atoms with van der Waals surface area (Å²) in [6.45, 7) is 0. The lowest BCUT2D eigenvalue weighted by atomic mass is 10.0. The molecule has 1 amide bonds. The summed E-state index contributed by atoms with van der Waals surface area (Å²) in [5, 5.41) is 4.82. The van der Waals surface area contributed by atoms with Crippen molar-refractivity contribution in [2.45, 2.75) is 0 Å². The monoisotopic (exact) mass is 292 g/mol. The maximum absolute atomic E-state index is 12.6. The summed E-state index contributed by atoms with van der Waals surface area (Å²) >= 11 is 0. The molecule has 0 aromatic heterocycles. The van der Waals surface area contributed by atoms with Crippen LogP contribution in [0.3, 0.4) is 0 Å². The summed E-state index contributed by atoms with van der Waals surface area (Å²) in [7, 11) is 1.54. The van der Waals surface area contributed by atoms with Gasteiger partial charge >= 0.3 is 0 Å². The van der Waals surface area contributed by atoms with Crippen molar-refractivity contribution < 1.29 is 9.53 Å². The van der Waals surface area contributed by atoms with E-state index in [1.807, 2.05) is 36.4 Å². The number of nitrogens with one attached hydrogen (secondary N) is 1. The molecule has 3 N–H and O–H groups in total. The van der Waals surface area contributed by atoms with Gasteiger partial charge in [0.05, 0.1) is 12.8 Å². The van der Waals surface area contributed by atoms with Crippen molar-refractivity contribution in [2.75, 3.05) is 18.2 Å². The molecule has 0 radical (unpaired) electrons. The van der Waals surface area contributed by atoms with Crippen LogP contribution in [0.15, 0.2) is 60.7 Å². The molecule has 0 unspecified atom stereocenters. The molecule has 0 spiro atoms. The maximum atomic E-state index is 12.6. The number of nitrogens with two attached hydrogens (primary N) is 1. The third-order valence-corrected chi connectivity index (χ3v) is 3.51. The number of hydrogen-bond acceptors (Lipinski definition) is 3. The van der Waals surface area contributed by atoms with E-state index in [-0.39, 0.29) is 5.91 Å². The summed E-state index contributed by atoms with van der Waals surface area (Å²) in [4.78, 5) is 12.6. The van der Waals surface area contributed by atoms with E-state index in [0.29, 0.717) is 22.7 Å². The summed E-state index contributed by atoms with van der Waals surface area (Å²) < 4.78 is 5.26. The second-order valence-corrected chi connectivity index (χ2v) is 4.94. The van der Waals surface area contributed by atoms with Gasteiger partial charge in [-0.15, -0.1) is 0 Å². The van der Waals surface area contributed by atoms with Gasteiger partial charge in [-0.3, -0.25) is 4.79 Å². The highest BCUT2D eigenvalue weighted by atomic mass is 16.5. The number of ether oxygens (including phenoxy) is 1. The molecule has 3 aromatic rings. The Balaban J connectivity index is 1.97. The lowest BCUT2D eigenvalue weighted by molar-refractivity contribution is 0.102. The van der Waals surface area contributed by atoms with Crippen LogP contribution < -0.4 is 15.8 Å². The third-order valence-electron chi connectivity index (χ3n) is 3.51. The zero-order valence-electron chi connectivity index (χ0n) is 12.2. The van der Waals surface area contributed by atoms with Gasteiger partial charge < -0.3 is 15.8 Å². The Morgan fingerprint density at radius 1 is 1.05 bits per heavy atom. The second kappa shape index (κ2) is 5.77. The van der Waals surface area contributed by atoms with Crippen LogP contribution >= 0.6 is 0 Å². The standard InChI is InChI=1S/C18H16N2O2/c1-22-17-11-13(19)9-10-16(17)20-18(21)15-8-4-6-12-5-2-3-7-14(12)15/h2-11H,19H2,1H3,(H,20,21). The Morgan fingerprint density at radius 3 is 2.64 bits per heavy atom. The lowest BCUT2D eigenvalue weighted by Gasteiger charge is -2.12. The van der Waals surface area contributed by atoms with Crippen LogP contribution in [0.2, 0.25) is 0 Å². The van der Waals surface area contributed by atoms with E-state index in [2.05, 4.69) is 5.32 Å². The van der Waals surface area contributed by atoms with Gasteiger partial charge in [-0.05, 0) is 29.0 Å². The Bertz CT molecular complexity index is 838. The number of carbonyl (C=O) groups excluding carboxylic acids is 1. The SMILES string of the molecule is COc1cc(N)ccc1NC(=O)c1cccc2ccccc12. The van der Waals surface area contributed by atoms with Crippen LogP contribution in [0.4, 0.5) is 11.4 Å². The van der Waals surface area contributed by atoms with Gasteiger partial charge in [0.25, 0.3) is 5.91 Å². The molecule has 3 aromatic carbocycles. The largest absolute Gasteiger partial charge is 0.494 e. The van der Waals surface area contributed by atoms with Gasteiger partial charge in [0.2, 0.25) is 0 Å². The highest BCUT2D eigenvalue weighted by molar-refractivity contribution is 6.13. The topological polar surface area (TPSA) is 64.3 Å². The molecule has 0 aliphatic carbocycles. The molecule has 0 saturated carbocycles. The number of amides is 1. The summed E-state index contributed by atoms with van der Waals surface area (Å²) in [5.41, 5.74) is 7.52. The first-order chi connectivity index (χ1) is 10.7. The molecule has 22 heavy (non-hydrogen) atoms. The van der Waals surface area contributed by atoms with Gasteiger partial charge in [-0.25, -0.2) is 0 Å². The average molecular weight is 292 g/mol. The number of methoxy groups -OCH3 is 1. The Kier molecular flexibility index (Phi) is 3.66. The fourth-order valence-corrected chi connectivity index (χ4v) is 2.42. The molecule has 3 rings (SSSR count). The molecule has 0 saturated heterocycles. The Morgan fingerprint density at radius 2 is 1.82 bits per heavy atom. The molecule has 4 heteroatoms. The summed E-state index contributed by atoms with van der Waals surface area (Å²) in [6.07, 6.45) is 0. The van der Waals surface area contributed by atoms with E-state index < -0.39 is 0 Å². The molecule has 4 nitrogen and oxygen atoms in total. The van der Waals surface area contributed by atoms with Crippen molar-refractivity contribution in [1.29, 1.82) is 0 Å². The second-order valence-electron chi connectivity index (χ2n) is 4.94. The third kappa shape index (κ3) is 2.59. The van der Waals surface area contributed by atoms with Crippen molar-refractivity contribution in [3.8, 4) is 5.75 Å². The molecule has 110 valence electrons. The highest BCUT2D eigenvalue weighted by Crippen LogP contribution is 2.28. The Labute approximate surface area is 128 Å². The van der Waals surface area contributed by atoms with E-state index in [9.17, 15) is 4.79 Å². The lowest BCUT2D eigenvalue weighted by Crippen LogP contribution is -2.13. The first kappa shape index (κ1) is 13.9. The van der Waals surface area contributed by atoms with Crippen molar-refractivity contribution >= 4 is 28.1 Å². The number of nitrogen functional groups attached to an aromatic ring is 1. The first-order valence-electron chi connectivity index (χ1n) is 6.91. The van der Waals surface area contributed by atoms with Crippen LogP contribution in [0.1, 0.15) is 10.4 Å². The Hall–Kier alpha value is -3.01. The molecular formula is C18H16N2O2. The molecule has 0 bridgehead atoms. The number of anilines is 2. The molecule has 0 aliphatic rings. The minimum Gasteiger partial charge on any atom is -0.494 e. The van der Waals surface area contributed by atoms with Crippen molar-refractivity contribution in [3.05, 3.63) is 66.2 Å². The van der Waals surface area contributed by atoms with Crippen LogP contribution in [0.25, 0.3) is 10.8 Å². The van der Waals surface area contributed by atoms with E-state index in [1.54, 1.807) is 31.4 Å². The highest BCUT2D eigenvalue weighted by Gasteiger charge is 2.12. The normalized spacial score (nSPS) is 10.4. The van der Waals surface area contributed by atoms with Crippen molar-refractivity contribution in [3.63, 3.8) is 0 Å². The van der Waals surface area contributed by atoms with Crippen LogP contribution in [0.5, 0.6) is 5.75 Å². The first-order valence-corrected chi connectivity index (χ1v) is 6.91. The average Bonchev–Trinajstić information content (AvgIpc) is 2.55. The maximum Gasteiger partial charge on any atom is 0.256 e. The van der Waals surface area contributed by atoms with Gasteiger partial charge in [0.15, 0.2) is 0 Å². The molecular weight excluding hydrogens is 276 g/mol. The number of benzene rings is 3. The zero-order chi connectivity index (χ0) is 15.5. The predicted molar refractivity (Wildman–Crippen MR) is 89.3 cm³/mol. The summed E-state index contributed by atoms with van der Waals surface area (Å²) in [5.74, 6) is 0.355. The van der Waals surface area contributed by atoms with Gasteiger partial charge in [-0.1, -0.05) is 36.4 Å². The smallest absolute Gasteiger partial charge is 0.256 e. The van der Waals surface area contributed by atoms with Crippen LogP contribution in [0, 0.1) is 0 Å². The minimum atomic E-state index is -0.181. The zero-order valence-corrected chi connectivity index (χ0v) is 12.2. The number of fused-ring (bicyclic) bond motifs is 1.